The molecule has 1 aliphatic heterocycles. The van der Waals surface area contributed by atoms with E-state index in [0.717, 1.165) is 36.8 Å². The largest absolute Gasteiger partial charge is 0.325 e. The summed E-state index contributed by atoms with van der Waals surface area (Å²) in [6.07, 6.45) is 0. The standard InChI is InChI=1S/C23H28ClN3O2/c1-16(21-6-4-5-7-22(21)24)26-12-14-27(15-13-26)17(2)23(29)25-20-10-8-19(9-11-20)18(3)28/h4-11,16-17H,12-15H2,1-3H3,(H,25,29). The van der Waals surface area contributed by atoms with Crippen LogP contribution in [0.2, 0.25) is 5.02 Å². The van der Waals surface area contributed by atoms with E-state index in [-0.39, 0.29) is 23.8 Å². The van der Waals surface area contributed by atoms with Crippen LogP contribution >= 0.6 is 11.6 Å². The third-order valence-corrected chi connectivity index (χ3v) is 6.08. The Kier molecular flexibility index (Phi) is 7.06. The maximum Gasteiger partial charge on any atom is 0.241 e. The highest BCUT2D eigenvalue weighted by molar-refractivity contribution is 6.31. The van der Waals surface area contributed by atoms with Crippen LogP contribution in [0.4, 0.5) is 5.69 Å². The zero-order chi connectivity index (χ0) is 21.0. The van der Waals surface area contributed by atoms with Crippen LogP contribution in [0, 0.1) is 0 Å². The Bertz CT molecular complexity index is 861. The maximum atomic E-state index is 12.7. The Hall–Kier alpha value is -2.21. The van der Waals surface area contributed by atoms with Gasteiger partial charge in [0.1, 0.15) is 0 Å². The van der Waals surface area contributed by atoms with E-state index in [1.54, 1.807) is 24.3 Å². The minimum absolute atomic E-state index is 0.0140. The van der Waals surface area contributed by atoms with Crippen LogP contribution in [0.1, 0.15) is 42.7 Å². The Morgan fingerprint density at radius 1 is 0.931 bits per heavy atom. The van der Waals surface area contributed by atoms with Crippen molar-refractivity contribution in [1.82, 2.24) is 9.80 Å². The molecule has 1 saturated heterocycles. The highest BCUT2D eigenvalue weighted by Gasteiger charge is 2.28. The first kappa shape index (κ1) is 21.5. The van der Waals surface area contributed by atoms with Gasteiger partial charge in [-0.3, -0.25) is 19.4 Å². The van der Waals surface area contributed by atoms with E-state index < -0.39 is 0 Å². The lowest BCUT2D eigenvalue weighted by molar-refractivity contribution is -0.121. The van der Waals surface area contributed by atoms with Crippen LogP contribution in [0.15, 0.2) is 48.5 Å². The molecule has 1 heterocycles. The summed E-state index contributed by atoms with van der Waals surface area (Å²) in [5.74, 6) is -0.0201. The van der Waals surface area contributed by atoms with E-state index in [2.05, 4.69) is 28.1 Å². The van der Waals surface area contributed by atoms with Crippen molar-refractivity contribution in [3.05, 3.63) is 64.7 Å². The molecule has 6 heteroatoms. The van der Waals surface area contributed by atoms with Crippen molar-refractivity contribution in [2.24, 2.45) is 0 Å². The van der Waals surface area contributed by atoms with E-state index in [9.17, 15) is 9.59 Å². The van der Waals surface area contributed by atoms with Crippen molar-refractivity contribution in [1.29, 1.82) is 0 Å². The van der Waals surface area contributed by atoms with Crippen LogP contribution < -0.4 is 5.32 Å². The van der Waals surface area contributed by atoms with E-state index in [1.165, 1.54) is 6.92 Å². The van der Waals surface area contributed by atoms with Gasteiger partial charge >= 0.3 is 0 Å². The third-order valence-electron chi connectivity index (χ3n) is 5.74. The second-order valence-corrected chi connectivity index (χ2v) is 7.98. The Labute approximate surface area is 177 Å². The molecule has 1 N–H and O–H groups in total. The van der Waals surface area contributed by atoms with Crippen molar-refractivity contribution < 1.29 is 9.59 Å². The van der Waals surface area contributed by atoms with Gasteiger partial charge < -0.3 is 5.32 Å². The van der Waals surface area contributed by atoms with Gasteiger partial charge in [0.15, 0.2) is 5.78 Å². The number of anilines is 1. The average Bonchev–Trinajstić information content (AvgIpc) is 2.73. The summed E-state index contributed by atoms with van der Waals surface area (Å²) in [5, 5.41) is 3.75. The number of nitrogens with one attached hydrogen (secondary N) is 1. The van der Waals surface area contributed by atoms with Gasteiger partial charge in [-0.1, -0.05) is 29.8 Å². The van der Waals surface area contributed by atoms with Gasteiger partial charge in [-0.2, -0.15) is 0 Å². The van der Waals surface area contributed by atoms with Gasteiger partial charge in [-0.25, -0.2) is 0 Å². The number of amides is 1. The molecule has 2 aromatic carbocycles. The molecule has 1 aliphatic rings. The van der Waals surface area contributed by atoms with E-state index in [4.69, 9.17) is 11.6 Å². The monoisotopic (exact) mass is 413 g/mol. The number of hydrogen-bond donors (Lipinski definition) is 1. The van der Waals surface area contributed by atoms with Gasteiger partial charge in [-0.05, 0) is 56.7 Å². The van der Waals surface area contributed by atoms with Gasteiger partial charge in [0.2, 0.25) is 5.91 Å². The predicted molar refractivity (Wildman–Crippen MR) is 118 cm³/mol. The lowest BCUT2D eigenvalue weighted by atomic mass is 10.1. The maximum absolute atomic E-state index is 12.7. The highest BCUT2D eigenvalue weighted by atomic mass is 35.5. The molecular formula is C23H28ClN3O2. The zero-order valence-electron chi connectivity index (χ0n) is 17.2. The fourth-order valence-electron chi connectivity index (χ4n) is 3.72. The minimum atomic E-state index is -0.222. The molecule has 1 fully saturated rings. The summed E-state index contributed by atoms with van der Waals surface area (Å²) in [7, 11) is 0. The molecule has 154 valence electrons. The summed E-state index contributed by atoms with van der Waals surface area (Å²) >= 11 is 6.35. The molecule has 1 amide bonds. The van der Waals surface area contributed by atoms with Gasteiger partial charge in [0, 0.05) is 48.5 Å². The quantitative estimate of drug-likeness (QED) is 0.719. The van der Waals surface area contributed by atoms with E-state index >= 15 is 0 Å². The Balaban J connectivity index is 1.54. The van der Waals surface area contributed by atoms with Crippen LogP contribution in [0.3, 0.4) is 0 Å². The van der Waals surface area contributed by atoms with Gasteiger partial charge in [0.25, 0.3) is 0 Å². The molecule has 0 radical (unpaired) electrons. The molecule has 0 aromatic heterocycles. The minimum Gasteiger partial charge on any atom is -0.325 e. The first-order valence-corrected chi connectivity index (χ1v) is 10.4. The number of carbonyl (C=O) groups is 2. The smallest absolute Gasteiger partial charge is 0.241 e. The van der Waals surface area contributed by atoms with Crippen molar-refractivity contribution in [3.8, 4) is 0 Å². The van der Waals surface area contributed by atoms with Crippen LogP contribution in [-0.2, 0) is 4.79 Å². The molecule has 5 nitrogen and oxygen atoms in total. The summed E-state index contributed by atoms with van der Waals surface area (Å²) in [6.45, 7) is 9.07. The summed E-state index contributed by atoms with van der Waals surface area (Å²) < 4.78 is 0. The number of halogens is 1. The fraction of sp³-hybridized carbons (Fsp3) is 0.391. The molecule has 29 heavy (non-hydrogen) atoms. The van der Waals surface area contributed by atoms with Crippen molar-refractivity contribution in [3.63, 3.8) is 0 Å². The van der Waals surface area contributed by atoms with Crippen LogP contribution in [0.5, 0.6) is 0 Å². The Morgan fingerprint density at radius 2 is 1.52 bits per heavy atom. The number of hydrogen-bond acceptors (Lipinski definition) is 4. The number of carbonyl (C=O) groups excluding carboxylic acids is 2. The fourth-order valence-corrected chi connectivity index (χ4v) is 4.02. The molecule has 0 spiro atoms. The molecule has 3 rings (SSSR count). The molecule has 0 bridgehead atoms. The number of rotatable bonds is 6. The molecular weight excluding hydrogens is 386 g/mol. The first-order valence-electron chi connectivity index (χ1n) is 10.0. The van der Waals surface area contributed by atoms with Crippen molar-refractivity contribution in [2.45, 2.75) is 32.9 Å². The molecule has 0 saturated carbocycles. The summed E-state index contributed by atoms with van der Waals surface area (Å²) in [5.41, 5.74) is 2.49. The normalized spacial score (nSPS) is 17.5. The van der Waals surface area contributed by atoms with Crippen molar-refractivity contribution >= 4 is 29.0 Å². The number of piperazine rings is 1. The van der Waals surface area contributed by atoms with E-state index in [0.29, 0.717) is 11.3 Å². The lowest BCUT2D eigenvalue weighted by Crippen LogP contribution is -2.53. The SMILES string of the molecule is CC(=O)c1ccc(NC(=O)C(C)N2CCN(C(C)c3ccccc3Cl)CC2)cc1. The molecule has 2 unspecified atom stereocenters. The molecule has 2 atom stereocenters. The van der Waals surface area contributed by atoms with Crippen LogP contribution in [-0.4, -0.2) is 53.7 Å². The lowest BCUT2D eigenvalue weighted by Gasteiger charge is -2.40. The number of benzene rings is 2. The predicted octanol–water partition coefficient (Wildman–Crippen LogP) is 4.25. The number of nitrogens with zero attached hydrogens (tertiary/aromatic N) is 2. The summed E-state index contributed by atoms with van der Waals surface area (Å²) in [4.78, 5) is 28.6. The Morgan fingerprint density at radius 3 is 2.10 bits per heavy atom. The molecule has 0 aliphatic carbocycles. The zero-order valence-corrected chi connectivity index (χ0v) is 17.9. The van der Waals surface area contributed by atoms with E-state index in [1.807, 2.05) is 25.1 Å². The average molecular weight is 414 g/mol. The van der Waals surface area contributed by atoms with Gasteiger partial charge in [-0.15, -0.1) is 0 Å². The second-order valence-electron chi connectivity index (χ2n) is 7.57. The third kappa shape index (κ3) is 5.24. The number of ketones is 1. The summed E-state index contributed by atoms with van der Waals surface area (Å²) in [6, 6.07) is 15.0. The van der Waals surface area contributed by atoms with Gasteiger partial charge in [0.05, 0.1) is 6.04 Å². The van der Waals surface area contributed by atoms with Crippen LogP contribution in [0.25, 0.3) is 0 Å². The highest BCUT2D eigenvalue weighted by Crippen LogP contribution is 2.28. The van der Waals surface area contributed by atoms with Crippen molar-refractivity contribution in [2.75, 3.05) is 31.5 Å². The first-order chi connectivity index (χ1) is 13.9. The topological polar surface area (TPSA) is 52.7 Å². The molecule has 2 aromatic rings. The second kappa shape index (κ2) is 9.53. The number of Topliss-reactive ketones (excluding diaryl/α,β-unsaturated/α-hetero) is 1.